The minimum atomic E-state index is 0.206. The van der Waals surface area contributed by atoms with Gasteiger partial charge < -0.3 is 14.2 Å². The van der Waals surface area contributed by atoms with Crippen molar-refractivity contribution in [1.82, 2.24) is 5.32 Å². The molecule has 0 saturated heterocycles. The van der Waals surface area contributed by atoms with Crippen molar-refractivity contribution in [3.05, 3.63) is 47.8 Å². The van der Waals surface area contributed by atoms with E-state index in [4.69, 9.17) is 8.83 Å². The zero-order valence-corrected chi connectivity index (χ0v) is 9.69. The quantitative estimate of drug-likeness (QED) is 0.840. The molecule has 0 aliphatic heterocycles. The lowest BCUT2D eigenvalue weighted by atomic mass is 10.1. The average molecular weight is 219 g/mol. The second kappa shape index (κ2) is 5.03. The summed E-state index contributed by atoms with van der Waals surface area (Å²) in [5.41, 5.74) is 1.17. The molecule has 86 valence electrons. The molecule has 16 heavy (non-hydrogen) atoms. The molecule has 1 unspecified atom stereocenters. The first kappa shape index (κ1) is 11.0. The van der Waals surface area contributed by atoms with Crippen LogP contribution in [0.4, 0.5) is 0 Å². The van der Waals surface area contributed by atoms with Crippen molar-refractivity contribution in [3.8, 4) is 0 Å². The van der Waals surface area contributed by atoms with Crippen LogP contribution < -0.4 is 5.32 Å². The first-order valence-corrected chi connectivity index (χ1v) is 5.60. The van der Waals surface area contributed by atoms with Crippen LogP contribution in [0.2, 0.25) is 0 Å². The average Bonchev–Trinajstić information content (AvgIpc) is 2.96. The maximum absolute atomic E-state index is 5.74. The molecular formula is C13H17NO2. The fourth-order valence-electron chi connectivity index (χ4n) is 1.76. The van der Waals surface area contributed by atoms with Crippen LogP contribution in [0.5, 0.6) is 0 Å². The van der Waals surface area contributed by atoms with Crippen molar-refractivity contribution in [3.63, 3.8) is 0 Å². The lowest BCUT2D eigenvalue weighted by Gasteiger charge is -2.12. The molecule has 0 spiro atoms. The van der Waals surface area contributed by atoms with Crippen LogP contribution >= 0.6 is 0 Å². The van der Waals surface area contributed by atoms with Crippen LogP contribution in [-0.4, -0.2) is 7.05 Å². The van der Waals surface area contributed by atoms with Crippen LogP contribution in [-0.2, 0) is 12.8 Å². The van der Waals surface area contributed by atoms with E-state index in [1.165, 1.54) is 5.56 Å². The number of likely N-dealkylation sites (N-methyl/N-ethyl adjacent to an activating group) is 1. The van der Waals surface area contributed by atoms with Gasteiger partial charge in [0.15, 0.2) is 0 Å². The van der Waals surface area contributed by atoms with Gasteiger partial charge >= 0.3 is 0 Å². The highest BCUT2D eigenvalue weighted by atomic mass is 16.3. The first-order valence-electron chi connectivity index (χ1n) is 5.60. The Morgan fingerprint density at radius 1 is 1.31 bits per heavy atom. The summed E-state index contributed by atoms with van der Waals surface area (Å²) >= 11 is 0. The van der Waals surface area contributed by atoms with E-state index in [9.17, 15) is 0 Å². The van der Waals surface area contributed by atoms with E-state index < -0.39 is 0 Å². The van der Waals surface area contributed by atoms with Crippen LogP contribution in [0.15, 0.2) is 39.6 Å². The van der Waals surface area contributed by atoms with E-state index in [0.29, 0.717) is 0 Å². The Morgan fingerprint density at radius 2 is 2.19 bits per heavy atom. The van der Waals surface area contributed by atoms with Gasteiger partial charge in [-0.05, 0) is 37.2 Å². The third-order valence-electron chi connectivity index (χ3n) is 2.74. The lowest BCUT2D eigenvalue weighted by Crippen LogP contribution is -2.17. The summed E-state index contributed by atoms with van der Waals surface area (Å²) in [6.45, 7) is 2.09. The Morgan fingerprint density at radius 3 is 2.75 bits per heavy atom. The molecule has 0 bridgehead atoms. The summed E-state index contributed by atoms with van der Waals surface area (Å²) in [5.74, 6) is 2.02. The van der Waals surface area contributed by atoms with Gasteiger partial charge in [-0.2, -0.15) is 0 Å². The van der Waals surface area contributed by atoms with Gasteiger partial charge in [0.25, 0.3) is 0 Å². The third-order valence-corrected chi connectivity index (χ3v) is 2.74. The molecule has 2 rings (SSSR count). The monoisotopic (exact) mass is 219 g/mol. The normalized spacial score (nSPS) is 12.9. The highest BCUT2D eigenvalue weighted by Crippen LogP contribution is 2.21. The summed E-state index contributed by atoms with van der Waals surface area (Å²) < 4.78 is 10.8. The number of furan rings is 2. The predicted octanol–water partition coefficient (Wildman–Crippen LogP) is 2.94. The van der Waals surface area contributed by atoms with Crippen molar-refractivity contribution < 1.29 is 8.83 Å². The minimum Gasteiger partial charge on any atom is -0.472 e. The largest absolute Gasteiger partial charge is 0.472 e. The highest BCUT2D eigenvalue weighted by Gasteiger charge is 2.14. The van der Waals surface area contributed by atoms with E-state index in [-0.39, 0.29) is 6.04 Å². The van der Waals surface area contributed by atoms with E-state index >= 15 is 0 Å². The van der Waals surface area contributed by atoms with E-state index in [0.717, 1.165) is 24.4 Å². The van der Waals surface area contributed by atoms with Crippen LogP contribution in [0, 0.1) is 0 Å². The zero-order chi connectivity index (χ0) is 11.4. The summed E-state index contributed by atoms with van der Waals surface area (Å²) in [6, 6.07) is 6.27. The van der Waals surface area contributed by atoms with Gasteiger partial charge in [0.1, 0.15) is 11.5 Å². The Kier molecular flexibility index (Phi) is 3.47. The highest BCUT2D eigenvalue weighted by molar-refractivity contribution is 5.15. The van der Waals surface area contributed by atoms with Crippen LogP contribution in [0.1, 0.15) is 30.0 Å². The first-order chi connectivity index (χ1) is 7.83. The Hall–Kier alpha value is -1.48. The molecule has 1 atom stereocenters. The van der Waals surface area contributed by atoms with Gasteiger partial charge in [0.2, 0.25) is 0 Å². The van der Waals surface area contributed by atoms with Gasteiger partial charge in [0.05, 0.1) is 18.6 Å². The van der Waals surface area contributed by atoms with Crippen molar-refractivity contribution >= 4 is 0 Å². The Balaban J connectivity index is 2.10. The number of nitrogens with one attached hydrogen (secondary N) is 1. The smallest absolute Gasteiger partial charge is 0.121 e. The fourth-order valence-corrected chi connectivity index (χ4v) is 1.76. The maximum Gasteiger partial charge on any atom is 0.121 e. The zero-order valence-electron chi connectivity index (χ0n) is 9.69. The molecule has 0 saturated carbocycles. The summed E-state index contributed by atoms with van der Waals surface area (Å²) in [6.07, 6.45) is 5.28. The Labute approximate surface area is 95.5 Å². The van der Waals surface area contributed by atoms with Crippen molar-refractivity contribution in [2.45, 2.75) is 25.8 Å². The summed E-state index contributed by atoms with van der Waals surface area (Å²) in [5, 5.41) is 3.26. The topological polar surface area (TPSA) is 38.3 Å². The molecule has 0 amide bonds. The Bertz CT molecular complexity index is 417. The second-order valence-electron chi connectivity index (χ2n) is 3.83. The lowest BCUT2D eigenvalue weighted by molar-refractivity contribution is 0.406. The molecule has 2 aromatic heterocycles. The molecule has 3 heteroatoms. The molecule has 3 nitrogen and oxygen atoms in total. The van der Waals surface area contributed by atoms with Crippen molar-refractivity contribution in [1.29, 1.82) is 0 Å². The summed E-state index contributed by atoms with van der Waals surface area (Å²) in [4.78, 5) is 0. The molecule has 0 radical (unpaired) electrons. The van der Waals surface area contributed by atoms with Gasteiger partial charge in [0, 0.05) is 6.42 Å². The standard InChI is InChI=1S/C13H17NO2/c1-3-11-4-5-13(16-11)12(14-2)8-10-6-7-15-9-10/h4-7,9,12,14H,3,8H2,1-2H3. The molecule has 0 aliphatic carbocycles. The fraction of sp³-hybridized carbons (Fsp3) is 0.385. The maximum atomic E-state index is 5.74. The van der Waals surface area contributed by atoms with Crippen LogP contribution in [0.25, 0.3) is 0 Å². The molecule has 2 aromatic rings. The molecular weight excluding hydrogens is 202 g/mol. The molecule has 1 N–H and O–H groups in total. The molecule has 0 aliphatic rings. The van der Waals surface area contributed by atoms with Gasteiger partial charge in [-0.25, -0.2) is 0 Å². The van der Waals surface area contributed by atoms with Gasteiger partial charge in [-0.15, -0.1) is 0 Å². The van der Waals surface area contributed by atoms with Gasteiger partial charge in [-0.3, -0.25) is 0 Å². The van der Waals surface area contributed by atoms with Crippen molar-refractivity contribution in [2.75, 3.05) is 7.05 Å². The number of hydrogen-bond acceptors (Lipinski definition) is 3. The molecule has 2 heterocycles. The number of hydrogen-bond donors (Lipinski definition) is 1. The van der Waals surface area contributed by atoms with E-state index in [1.807, 2.05) is 25.2 Å². The van der Waals surface area contributed by atoms with Crippen molar-refractivity contribution in [2.24, 2.45) is 0 Å². The van der Waals surface area contributed by atoms with Gasteiger partial charge in [-0.1, -0.05) is 6.92 Å². The number of aryl methyl sites for hydroxylation is 1. The third kappa shape index (κ3) is 2.36. The second-order valence-corrected chi connectivity index (χ2v) is 3.83. The van der Waals surface area contributed by atoms with Crippen LogP contribution in [0.3, 0.4) is 0 Å². The number of rotatable bonds is 5. The summed E-state index contributed by atoms with van der Waals surface area (Å²) in [7, 11) is 1.94. The SMILES string of the molecule is CCc1ccc(C(Cc2ccoc2)NC)o1. The van der Waals surface area contributed by atoms with E-state index in [1.54, 1.807) is 12.5 Å². The minimum absolute atomic E-state index is 0.206. The predicted molar refractivity (Wildman–Crippen MR) is 62.3 cm³/mol. The molecule has 0 aromatic carbocycles. The molecule has 0 fully saturated rings. The van der Waals surface area contributed by atoms with E-state index in [2.05, 4.69) is 12.2 Å².